The summed E-state index contributed by atoms with van der Waals surface area (Å²) in [7, 11) is 1.89. The second kappa shape index (κ2) is 4.78. The zero-order valence-corrected chi connectivity index (χ0v) is 11.7. The van der Waals surface area contributed by atoms with Crippen molar-refractivity contribution in [1.29, 1.82) is 5.26 Å². The van der Waals surface area contributed by atoms with Crippen LogP contribution in [-0.4, -0.2) is 42.5 Å². The first-order chi connectivity index (χ1) is 9.64. The average Bonchev–Trinajstić information content (AvgIpc) is 2.90. The van der Waals surface area contributed by atoms with Gasteiger partial charge in [0.2, 0.25) is 5.91 Å². The summed E-state index contributed by atoms with van der Waals surface area (Å²) in [5.74, 6) is 1.14. The average molecular weight is 270 g/mol. The molecule has 0 N–H and O–H groups in total. The standard InChI is InChI=1S/C15H18N4O/c1-18-7-2-5-15(14(18)20)6-8-19(11-15)13-4-3-12(9-16)10-17-13/h3-4,10H,2,5-8,11H2,1H3/t15-/m1/s1. The van der Waals surface area contributed by atoms with Gasteiger partial charge in [-0.05, 0) is 31.4 Å². The highest BCUT2D eigenvalue weighted by Gasteiger charge is 2.47. The second-order valence-electron chi connectivity index (χ2n) is 5.80. The lowest BCUT2D eigenvalue weighted by Crippen LogP contribution is -2.48. The molecular formula is C15H18N4O. The summed E-state index contributed by atoms with van der Waals surface area (Å²) in [4.78, 5) is 20.8. The first-order valence-corrected chi connectivity index (χ1v) is 7.01. The van der Waals surface area contributed by atoms with Crippen molar-refractivity contribution in [1.82, 2.24) is 9.88 Å². The summed E-state index contributed by atoms with van der Waals surface area (Å²) in [5.41, 5.74) is 0.346. The number of hydrogen-bond acceptors (Lipinski definition) is 4. The minimum Gasteiger partial charge on any atom is -0.356 e. The number of aromatic nitrogens is 1. The molecule has 1 amide bonds. The number of hydrogen-bond donors (Lipinski definition) is 0. The van der Waals surface area contributed by atoms with Crippen LogP contribution in [0.1, 0.15) is 24.8 Å². The number of pyridine rings is 1. The Labute approximate surface area is 118 Å². The van der Waals surface area contributed by atoms with E-state index in [2.05, 4.69) is 16.0 Å². The molecule has 0 saturated carbocycles. The highest BCUT2D eigenvalue weighted by Crippen LogP contribution is 2.40. The normalized spacial score (nSPS) is 26.1. The highest BCUT2D eigenvalue weighted by atomic mass is 16.2. The Balaban J connectivity index is 1.79. The minimum absolute atomic E-state index is 0.220. The molecule has 0 bridgehead atoms. The number of carbonyl (C=O) groups excluding carboxylic acids is 1. The first-order valence-electron chi connectivity index (χ1n) is 7.01. The van der Waals surface area contributed by atoms with Crippen molar-refractivity contribution in [2.45, 2.75) is 19.3 Å². The van der Waals surface area contributed by atoms with E-state index in [1.54, 1.807) is 12.3 Å². The van der Waals surface area contributed by atoms with E-state index in [9.17, 15) is 4.79 Å². The van der Waals surface area contributed by atoms with Crippen molar-refractivity contribution in [2.75, 3.05) is 31.6 Å². The van der Waals surface area contributed by atoms with Gasteiger partial charge in [-0.1, -0.05) is 0 Å². The van der Waals surface area contributed by atoms with Crippen LogP contribution in [0.4, 0.5) is 5.82 Å². The lowest BCUT2D eigenvalue weighted by Gasteiger charge is -2.37. The maximum Gasteiger partial charge on any atom is 0.230 e. The SMILES string of the molecule is CN1CCC[C@]2(CCN(c3ccc(C#N)cn3)C2)C1=O. The topological polar surface area (TPSA) is 60.2 Å². The molecule has 0 radical (unpaired) electrons. The summed E-state index contributed by atoms with van der Waals surface area (Å²) in [6, 6.07) is 5.72. The van der Waals surface area contributed by atoms with E-state index in [0.717, 1.165) is 44.7 Å². The smallest absolute Gasteiger partial charge is 0.230 e. The molecule has 1 spiro atoms. The molecule has 0 unspecified atom stereocenters. The molecule has 5 heteroatoms. The molecule has 2 saturated heterocycles. The fourth-order valence-electron chi connectivity index (χ4n) is 3.35. The van der Waals surface area contributed by atoms with Crippen molar-refractivity contribution in [3.8, 4) is 6.07 Å². The molecule has 0 aromatic carbocycles. The van der Waals surface area contributed by atoms with Gasteiger partial charge in [0.05, 0.1) is 11.0 Å². The summed E-state index contributed by atoms with van der Waals surface area (Å²) >= 11 is 0. The van der Waals surface area contributed by atoms with Crippen LogP contribution in [0.2, 0.25) is 0 Å². The van der Waals surface area contributed by atoms with Crippen molar-refractivity contribution in [3.05, 3.63) is 23.9 Å². The third kappa shape index (κ3) is 2.01. The fraction of sp³-hybridized carbons (Fsp3) is 0.533. The largest absolute Gasteiger partial charge is 0.356 e. The summed E-state index contributed by atoms with van der Waals surface area (Å²) < 4.78 is 0. The van der Waals surface area contributed by atoms with E-state index >= 15 is 0 Å². The number of nitriles is 1. The van der Waals surface area contributed by atoms with Gasteiger partial charge in [-0.15, -0.1) is 0 Å². The third-order valence-corrected chi connectivity index (χ3v) is 4.50. The van der Waals surface area contributed by atoms with E-state index in [0.29, 0.717) is 5.56 Å². The Kier molecular flexibility index (Phi) is 3.09. The molecule has 1 aromatic heterocycles. The Hall–Kier alpha value is -2.09. The molecule has 2 aliphatic rings. The van der Waals surface area contributed by atoms with Crippen LogP contribution >= 0.6 is 0 Å². The zero-order chi connectivity index (χ0) is 14.2. The molecule has 3 rings (SSSR count). The monoisotopic (exact) mass is 270 g/mol. The van der Waals surface area contributed by atoms with Crippen LogP contribution in [-0.2, 0) is 4.79 Å². The number of anilines is 1. The molecule has 1 aromatic rings. The van der Waals surface area contributed by atoms with Gasteiger partial charge in [-0.25, -0.2) is 4.98 Å². The Morgan fingerprint density at radius 1 is 1.35 bits per heavy atom. The van der Waals surface area contributed by atoms with E-state index in [-0.39, 0.29) is 11.3 Å². The molecule has 2 fully saturated rings. The lowest BCUT2D eigenvalue weighted by atomic mass is 9.78. The first kappa shape index (κ1) is 12.9. The Morgan fingerprint density at radius 2 is 2.20 bits per heavy atom. The van der Waals surface area contributed by atoms with Gasteiger partial charge in [0.25, 0.3) is 0 Å². The Morgan fingerprint density at radius 3 is 2.90 bits per heavy atom. The van der Waals surface area contributed by atoms with Gasteiger partial charge in [0.1, 0.15) is 11.9 Å². The minimum atomic E-state index is -0.220. The molecule has 1 atom stereocenters. The van der Waals surface area contributed by atoms with Crippen molar-refractivity contribution < 1.29 is 4.79 Å². The highest BCUT2D eigenvalue weighted by molar-refractivity contribution is 5.84. The van der Waals surface area contributed by atoms with Gasteiger partial charge in [-0.2, -0.15) is 5.26 Å². The van der Waals surface area contributed by atoms with E-state index in [1.165, 1.54) is 0 Å². The van der Waals surface area contributed by atoms with Gasteiger partial charge >= 0.3 is 0 Å². The number of likely N-dealkylation sites (tertiary alicyclic amines) is 1. The predicted octanol–water partition coefficient (Wildman–Crippen LogP) is 1.40. The van der Waals surface area contributed by atoms with Crippen molar-refractivity contribution >= 4 is 11.7 Å². The van der Waals surface area contributed by atoms with Crippen molar-refractivity contribution in [2.24, 2.45) is 5.41 Å². The molecule has 104 valence electrons. The number of piperidine rings is 1. The third-order valence-electron chi connectivity index (χ3n) is 4.50. The lowest BCUT2D eigenvalue weighted by molar-refractivity contribution is -0.143. The van der Waals surface area contributed by atoms with Crippen molar-refractivity contribution in [3.63, 3.8) is 0 Å². The number of amides is 1. The summed E-state index contributed by atoms with van der Waals surface area (Å²) in [6.45, 7) is 2.48. The van der Waals surface area contributed by atoms with Crippen LogP contribution in [0.15, 0.2) is 18.3 Å². The predicted molar refractivity (Wildman–Crippen MR) is 75.1 cm³/mol. The van der Waals surface area contributed by atoms with Crippen LogP contribution in [0.5, 0.6) is 0 Å². The van der Waals surface area contributed by atoms with Crippen LogP contribution in [0, 0.1) is 16.7 Å². The maximum atomic E-state index is 12.5. The molecule has 20 heavy (non-hydrogen) atoms. The van der Waals surface area contributed by atoms with Gasteiger partial charge in [0, 0.05) is 32.9 Å². The molecule has 3 heterocycles. The molecule has 5 nitrogen and oxygen atoms in total. The van der Waals surface area contributed by atoms with Gasteiger partial charge < -0.3 is 9.80 Å². The summed E-state index contributed by atoms with van der Waals surface area (Å²) in [6.07, 6.45) is 4.55. The fourth-order valence-corrected chi connectivity index (χ4v) is 3.35. The maximum absolute atomic E-state index is 12.5. The van der Waals surface area contributed by atoms with Crippen LogP contribution in [0.25, 0.3) is 0 Å². The number of carbonyl (C=O) groups is 1. The van der Waals surface area contributed by atoms with Crippen LogP contribution in [0.3, 0.4) is 0 Å². The number of nitrogens with zero attached hydrogens (tertiary/aromatic N) is 4. The summed E-state index contributed by atoms with van der Waals surface area (Å²) in [5, 5.41) is 8.80. The molecule has 0 aliphatic carbocycles. The molecular weight excluding hydrogens is 252 g/mol. The second-order valence-corrected chi connectivity index (χ2v) is 5.80. The Bertz CT molecular complexity index is 562. The number of rotatable bonds is 1. The van der Waals surface area contributed by atoms with Gasteiger partial charge in [-0.3, -0.25) is 4.79 Å². The molecule has 2 aliphatic heterocycles. The quantitative estimate of drug-likeness (QED) is 0.774. The van der Waals surface area contributed by atoms with E-state index in [4.69, 9.17) is 5.26 Å². The van der Waals surface area contributed by atoms with Gasteiger partial charge in [0.15, 0.2) is 0 Å². The zero-order valence-electron chi connectivity index (χ0n) is 11.7. The van der Waals surface area contributed by atoms with E-state index < -0.39 is 0 Å². The van der Waals surface area contributed by atoms with E-state index in [1.807, 2.05) is 18.0 Å². The van der Waals surface area contributed by atoms with Crippen LogP contribution < -0.4 is 4.90 Å².